The molecule has 8 heteroatoms. The normalized spacial score (nSPS) is 11.0. The quantitative estimate of drug-likeness (QED) is 0.669. The molecule has 0 aliphatic heterocycles. The number of rotatable bonds is 6. The van der Waals surface area contributed by atoms with Crippen LogP contribution in [0.15, 0.2) is 30.5 Å². The fraction of sp³-hybridized carbons (Fsp3) is 0.333. The predicted octanol–water partition coefficient (Wildman–Crippen LogP) is 3.01. The van der Waals surface area contributed by atoms with Gasteiger partial charge in [0.15, 0.2) is 5.65 Å². The molecule has 0 atom stereocenters. The Kier molecular flexibility index (Phi) is 5.81. The molecule has 0 aliphatic carbocycles. The molecule has 0 aliphatic rings. The highest BCUT2D eigenvalue weighted by Crippen LogP contribution is 2.25. The van der Waals surface area contributed by atoms with Crippen LogP contribution in [0.4, 0.5) is 5.69 Å². The molecule has 29 heavy (non-hydrogen) atoms. The molecule has 0 unspecified atom stereocenters. The number of ether oxygens (including phenoxy) is 1. The molecule has 0 spiro atoms. The molecular formula is C21H25N5O3. The fourth-order valence-corrected chi connectivity index (χ4v) is 3.08. The number of anilines is 1. The summed E-state index contributed by atoms with van der Waals surface area (Å²) in [6.45, 7) is 7.58. The number of nitrogens with one attached hydrogen (secondary N) is 2. The summed E-state index contributed by atoms with van der Waals surface area (Å²) in [5.41, 5.74) is 3.35. The summed E-state index contributed by atoms with van der Waals surface area (Å²) < 4.78 is 7.03. The predicted molar refractivity (Wildman–Crippen MR) is 111 cm³/mol. The van der Waals surface area contributed by atoms with Crippen LogP contribution in [0.1, 0.15) is 41.5 Å². The number of amides is 2. The number of nitrogens with zero attached hydrogens (tertiary/aromatic N) is 3. The lowest BCUT2D eigenvalue weighted by Crippen LogP contribution is -2.33. The van der Waals surface area contributed by atoms with Crippen molar-refractivity contribution in [3.63, 3.8) is 0 Å². The molecule has 0 saturated heterocycles. The molecule has 0 bridgehead atoms. The van der Waals surface area contributed by atoms with Crippen LogP contribution < -0.4 is 15.4 Å². The van der Waals surface area contributed by atoms with Crippen molar-refractivity contribution in [2.24, 2.45) is 0 Å². The van der Waals surface area contributed by atoms with Gasteiger partial charge < -0.3 is 15.4 Å². The highest BCUT2D eigenvalue weighted by atomic mass is 16.5. The summed E-state index contributed by atoms with van der Waals surface area (Å²) in [6, 6.07) is 7.31. The molecule has 1 aromatic carbocycles. The Morgan fingerprint density at radius 1 is 1.21 bits per heavy atom. The van der Waals surface area contributed by atoms with Gasteiger partial charge in [-0.3, -0.25) is 9.59 Å². The highest BCUT2D eigenvalue weighted by Gasteiger charge is 2.18. The first-order chi connectivity index (χ1) is 13.8. The SMILES string of the molecule is COc1ccc(C)cc1NC(=O)CNC(=O)c1cc(C)nc2c1cnn2C(C)C. The van der Waals surface area contributed by atoms with Crippen LogP contribution >= 0.6 is 0 Å². The zero-order chi connectivity index (χ0) is 21.1. The molecule has 3 rings (SSSR count). The molecule has 0 radical (unpaired) electrons. The van der Waals surface area contributed by atoms with E-state index in [1.165, 1.54) is 7.11 Å². The zero-order valence-electron chi connectivity index (χ0n) is 17.2. The van der Waals surface area contributed by atoms with Crippen LogP contribution in [0.5, 0.6) is 5.75 Å². The van der Waals surface area contributed by atoms with Crippen LogP contribution in [-0.4, -0.2) is 40.2 Å². The van der Waals surface area contributed by atoms with Crippen LogP contribution in [-0.2, 0) is 4.79 Å². The molecule has 152 valence electrons. The Bertz CT molecular complexity index is 1070. The minimum Gasteiger partial charge on any atom is -0.495 e. The molecule has 8 nitrogen and oxygen atoms in total. The van der Waals surface area contributed by atoms with Crippen molar-refractivity contribution in [3.05, 3.63) is 47.3 Å². The van der Waals surface area contributed by atoms with E-state index in [2.05, 4.69) is 20.7 Å². The van der Waals surface area contributed by atoms with E-state index in [1.54, 1.807) is 23.0 Å². The summed E-state index contributed by atoms with van der Waals surface area (Å²) in [5.74, 6) is -0.139. The van der Waals surface area contributed by atoms with E-state index in [9.17, 15) is 9.59 Å². The van der Waals surface area contributed by atoms with Crippen molar-refractivity contribution in [2.75, 3.05) is 19.0 Å². The largest absolute Gasteiger partial charge is 0.495 e. The van der Waals surface area contributed by atoms with Gasteiger partial charge in [0.1, 0.15) is 5.75 Å². The molecule has 0 fully saturated rings. The Morgan fingerprint density at radius 3 is 2.66 bits per heavy atom. The van der Waals surface area contributed by atoms with Crippen molar-refractivity contribution in [3.8, 4) is 5.75 Å². The van der Waals surface area contributed by atoms with Gasteiger partial charge in [-0.1, -0.05) is 6.07 Å². The highest BCUT2D eigenvalue weighted by molar-refractivity contribution is 6.07. The molecule has 3 aromatic rings. The maximum absolute atomic E-state index is 12.7. The van der Waals surface area contributed by atoms with Crippen molar-refractivity contribution in [1.82, 2.24) is 20.1 Å². The molecule has 2 N–H and O–H groups in total. The molecule has 2 aromatic heterocycles. The van der Waals surface area contributed by atoms with Gasteiger partial charge in [0, 0.05) is 11.7 Å². The van der Waals surface area contributed by atoms with Gasteiger partial charge in [0.2, 0.25) is 5.91 Å². The maximum atomic E-state index is 12.7. The number of methoxy groups -OCH3 is 1. The Labute approximate surface area is 169 Å². The van der Waals surface area contributed by atoms with Crippen LogP contribution in [0.3, 0.4) is 0 Å². The average molecular weight is 395 g/mol. The summed E-state index contributed by atoms with van der Waals surface area (Å²) in [4.78, 5) is 29.6. The zero-order valence-corrected chi connectivity index (χ0v) is 17.2. The van der Waals surface area contributed by atoms with E-state index in [1.807, 2.05) is 39.8 Å². The first-order valence-corrected chi connectivity index (χ1v) is 9.37. The summed E-state index contributed by atoms with van der Waals surface area (Å²) in [6.07, 6.45) is 1.63. The number of hydrogen-bond donors (Lipinski definition) is 2. The first kappa shape index (κ1) is 20.3. The summed E-state index contributed by atoms with van der Waals surface area (Å²) >= 11 is 0. The molecule has 0 saturated carbocycles. The van der Waals surface area contributed by atoms with Gasteiger partial charge in [0.25, 0.3) is 5.91 Å². The second-order valence-corrected chi connectivity index (χ2v) is 7.17. The fourth-order valence-electron chi connectivity index (χ4n) is 3.08. The minimum atomic E-state index is -0.352. The van der Waals surface area contributed by atoms with E-state index >= 15 is 0 Å². The van der Waals surface area contributed by atoms with Crippen LogP contribution in [0, 0.1) is 13.8 Å². The first-order valence-electron chi connectivity index (χ1n) is 9.37. The third kappa shape index (κ3) is 4.37. The van der Waals surface area contributed by atoms with Crippen molar-refractivity contribution in [1.29, 1.82) is 0 Å². The van der Waals surface area contributed by atoms with E-state index in [4.69, 9.17) is 4.74 Å². The second-order valence-electron chi connectivity index (χ2n) is 7.17. The summed E-state index contributed by atoms with van der Waals surface area (Å²) in [5, 5.41) is 10.4. The van der Waals surface area contributed by atoms with Crippen molar-refractivity contribution in [2.45, 2.75) is 33.7 Å². The molecule has 2 amide bonds. The summed E-state index contributed by atoms with van der Waals surface area (Å²) in [7, 11) is 1.54. The number of hydrogen-bond acceptors (Lipinski definition) is 5. The monoisotopic (exact) mass is 395 g/mol. The third-order valence-corrected chi connectivity index (χ3v) is 4.47. The van der Waals surface area contributed by atoms with E-state index in [-0.39, 0.29) is 24.4 Å². The van der Waals surface area contributed by atoms with Gasteiger partial charge in [-0.2, -0.15) is 5.10 Å². The smallest absolute Gasteiger partial charge is 0.252 e. The van der Waals surface area contributed by atoms with E-state index in [0.29, 0.717) is 33.7 Å². The number of carbonyl (C=O) groups excluding carboxylic acids is 2. The maximum Gasteiger partial charge on any atom is 0.252 e. The number of aromatic nitrogens is 3. The number of carbonyl (C=O) groups is 2. The Balaban J connectivity index is 1.74. The van der Waals surface area contributed by atoms with Gasteiger partial charge in [-0.15, -0.1) is 0 Å². The topological polar surface area (TPSA) is 98.1 Å². The molecule has 2 heterocycles. The number of pyridine rings is 1. The number of benzene rings is 1. The number of aryl methyl sites for hydroxylation is 2. The molecular weight excluding hydrogens is 370 g/mol. The van der Waals surface area contributed by atoms with Gasteiger partial charge in [0.05, 0.1) is 36.5 Å². The van der Waals surface area contributed by atoms with Crippen molar-refractivity contribution < 1.29 is 14.3 Å². The Hall–Kier alpha value is -3.42. The number of fused-ring (bicyclic) bond motifs is 1. The van der Waals surface area contributed by atoms with Crippen LogP contribution in [0.25, 0.3) is 11.0 Å². The van der Waals surface area contributed by atoms with E-state index in [0.717, 1.165) is 5.56 Å². The van der Waals surface area contributed by atoms with Gasteiger partial charge >= 0.3 is 0 Å². The minimum absolute atomic E-state index is 0.118. The van der Waals surface area contributed by atoms with E-state index < -0.39 is 0 Å². The standard InChI is InChI=1S/C21H25N5O3/c1-12(2)26-20-16(10-23-26)15(9-14(4)24-20)21(28)22-11-19(27)25-17-8-13(3)6-7-18(17)29-5/h6-10,12H,11H2,1-5H3,(H,22,28)(H,25,27). The lowest BCUT2D eigenvalue weighted by molar-refractivity contribution is -0.115. The van der Waals surface area contributed by atoms with Gasteiger partial charge in [-0.25, -0.2) is 9.67 Å². The Morgan fingerprint density at radius 2 is 1.97 bits per heavy atom. The lowest BCUT2D eigenvalue weighted by Gasteiger charge is -2.12. The van der Waals surface area contributed by atoms with Gasteiger partial charge in [-0.05, 0) is 51.5 Å². The second kappa shape index (κ2) is 8.30. The average Bonchev–Trinajstić information content (AvgIpc) is 3.09. The van der Waals surface area contributed by atoms with Crippen molar-refractivity contribution >= 4 is 28.5 Å². The lowest BCUT2D eigenvalue weighted by atomic mass is 10.1. The third-order valence-electron chi connectivity index (χ3n) is 4.47. The van der Waals surface area contributed by atoms with Crippen LogP contribution in [0.2, 0.25) is 0 Å².